The number of para-hydroxylation sites is 2. The van der Waals surface area contributed by atoms with Crippen LogP contribution in [0.2, 0.25) is 0 Å². The molecule has 1 atom stereocenters. The topological polar surface area (TPSA) is 160 Å². The van der Waals surface area contributed by atoms with E-state index in [2.05, 4.69) is 27.1 Å². The molecule has 0 bridgehead atoms. The number of hydrogen-bond acceptors (Lipinski definition) is 11. The van der Waals surface area contributed by atoms with Gasteiger partial charge in [0.25, 0.3) is 11.8 Å². The largest absolute Gasteiger partial charge is 0.382 e. The summed E-state index contributed by atoms with van der Waals surface area (Å²) in [7, 11) is 0. The Hall–Kier alpha value is -5.38. The number of amides is 4. The lowest BCUT2D eigenvalue weighted by molar-refractivity contribution is -0.137. The van der Waals surface area contributed by atoms with Crippen molar-refractivity contribution in [3.05, 3.63) is 78.1 Å². The SMILES string of the molecule is C=C1CCC(N2C(=O)c3cccc(NCCOCCOCCOCC(=O)N4CCN(c5ccn6c(n5)nc5ccccc56)CC4)c3C2=O)C(=O)N1. The third-order valence-electron chi connectivity index (χ3n) is 9.23. The highest BCUT2D eigenvalue weighted by atomic mass is 16.5. The molecule has 0 saturated carbocycles. The number of allylic oxidation sites excluding steroid dienone is 1. The number of carbonyl (C=O) groups excluding carboxylic acids is 4. The Balaban J connectivity index is 0.747. The first-order chi connectivity index (χ1) is 24.9. The lowest BCUT2D eigenvalue weighted by atomic mass is 10.0. The van der Waals surface area contributed by atoms with Gasteiger partial charge in [-0.25, -0.2) is 4.98 Å². The first-order valence-electron chi connectivity index (χ1n) is 17.1. The van der Waals surface area contributed by atoms with Crippen molar-refractivity contribution in [2.75, 3.05) is 82.6 Å². The van der Waals surface area contributed by atoms with Crippen LogP contribution in [0.1, 0.15) is 33.6 Å². The van der Waals surface area contributed by atoms with E-state index in [1.807, 2.05) is 45.8 Å². The molecule has 2 aromatic heterocycles. The Kier molecular flexibility index (Phi) is 10.2. The van der Waals surface area contributed by atoms with Crippen LogP contribution < -0.4 is 15.5 Å². The number of imidazole rings is 1. The summed E-state index contributed by atoms with van der Waals surface area (Å²) in [5.74, 6) is 0.0882. The third-order valence-corrected chi connectivity index (χ3v) is 9.23. The van der Waals surface area contributed by atoms with Crippen molar-refractivity contribution in [3.63, 3.8) is 0 Å². The minimum atomic E-state index is -0.859. The van der Waals surface area contributed by atoms with Crippen LogP contribution in [0.3, 0.4) is 0 Å². The zero-order valence-electron chi connectivity index (χ0n) is 28.2. The summed E-state index contributed by atoms with van der Waals surface area (Å²) < 4.78 is 18.7. The Morgan fingerprint density at radius 3 is 2.45 bits per heavy atom. The van der Waals surface area contributed by atoms with Gasteiger partial charge in [-0.1, -0.05) is 24.8 Å². The van der Waals surface area contributed by atoms with Gasteiger partial charge in [-0.05, 0) is 43.2 Å². The van der Waals surface area contributed by atoms with Gasteiger partial charge < -0.3 is 34.6 Å². The standard InChI is InChI=1S/C36H40N8O7/c1-24-9-10-29(33(46)38-24)44-34(47)25-5-4-7-27(32(25)35(44)48)37-12-18-49-19-20-50-21-22-51-23-31(45)42-16-14-41(15-17-42)30-11-13-43-28-8-3-2-6-26(28)39-36(43)40-30/h2-8,11,13,29,37H,1,9-10,12,14-23H2,(H,38,46). The van der Waals surface area contributed by atoms with Gasteiger partial charge in [-0.15, -0.1) is 0 Å². The van der Waals surface area contributed by atoms with E-state index in [-0.39, 0.29) is 30.2 Å². The quantitative estimate of drug-likeness (QED) is 0.147. The van der Waals surface area contributed by atoms with E-state index < -0.39 is 23.8 Å². The second-order valence-corrected chi connectivity index (χ2v) is 12.5. The maximum Gasteiger partial charge on any atom is 0.264 e. The van der Waals surface area contributed by atoms with Crippen molar-refractivity contribution in [1.82, 2.24) is 29.5 Å². The van der Waals surface area contributed by atoms with Gasteiger partial charge >= 0.3 is 0 Å². The molecule has 15 nitrogen and oxygen atoms in total. The summed E-state index contributed by atoms with van der Waals surface area (Å²) in [4.78, 5) is 65.9. The van der Waals surface area contributed by atoms with E-state index in [1.165, 1.54) is 0 Å². The molecule has 3 aliphatic heterocycles. The van der Waals surface area contributed by atoms with Crippen molar-refractivity contribution in [1.29, 1.82) is 0 Å². The summed E-state index contributed by atoms with van der Waals surface area (Å²) in [5.41, 5.74) is 3.55. The van der Waals surface area contributed by atoms with Gasteiger partial charge in [0.05, 0.1) is 55.2 Å². The van der Waals surface area contributed by atoms with Crippen molar-refractivity contribution in [3.8, 4) is 0 Å². The summed E-state index contributed by atoms with van der Waals surface area (Å²) in [6.07, 6.45) is 2.84. The molecule has 266 valence electrons. The van der Waals surface area contributed by atoms with E-state index >= 15 is 0 Å². The first-order valence-corrected chi connectivity index (χ1v) is 17.1. The van der Waals surface area contributed by atoms with E-state index in [9.17, 15) is 19.2 Å². The molecule has 1 unspecified atom stereocenters. The van der Waals surface area contributed by atoms with Crippen LogP contribution >= 0.6 is 0 Å². The van der Waals surface area contributed by atoms with Crippen LogP contribution in [0, 0.1) is 0 Å². The van der Waals surface area contributed by atoms with Crippen molar-refractivity contribution < 1.29 is 33.4 Å². The van der Waals surface area contributed by atoms with Gasteiger partial charge in [-0.3, -0.25) is 28.5 Å². The molecule has 2 N–H and O–H groups in total. The molecule has 15 heteroatoms. The van der Waals surface area contributed by atoms with Crippen molar-refractivity contribution in [2.24, 2.45) is 0 Å². The average Bonchev–Trinajstić information content (AvgIpc) is 3.64. The predicted molar refractivity (Wildman–Crippen MR) is 187 cm³/mol. The van der Waals surface area contributed by atoms with Crippen LogP contribution in [0.25, 0.3) is 16.8 Å². The molecule has 3 aliphatic rings. The molecular weight excluding hydrogens is 656 g/mol. The summed E-state index contributed by atoms with van der Waals surface area (Å²) in [6.45, 7) is 8.34. The number of imide groups is 1. The van der Waals surface area contributed by atoms with Gasteiger partial charge in [0.1, 0.15) is 18.5 Å². The number of aromatic nitrogens is 3. The second-order valence-electron chi connectivity index (χ2n) is 12.5. The third kappa shape index (κ3) is 7.27. The summed E-state index contributed by atoms with van der Waals surface area (Å²) in [6, 6.07) is 14.1. The molecule has 51 heavy (non-hydrogen) atoms. The number of fused-ring (bicyclic) bond motifs is 4. The fourth-order valence-electron chi connectivity index (χ4n) is 6.59. The van der Waals surface area contributed by atoms with Crippen molar-refractivity contribution in [2.45, 2.75) is 18.9 Å². The van der Waals surface area contributed by atoms with Gasteiger partial charge in [0, 0.05) is 50.3 Å². The van der Waals surface area contributed by atoms with Gasteiger partial charge in [0.2, 0.25) is 17.6 Å². The number of ether oxygens (including phenoxy) is 3. The minimum absolute atomic E-state index is 0.00490. The molecule has 4 amide bonds. The molecule has 0 spiro atoms. The number of rotatable bonds is 14. The fraction of sp³-hybridized carbons (Fsp3) is 0.389. The Labute approximate surface area is 294 Å². The molecule has 4 aromatic rings. The van der Waals surface area contributed by atoms with Crippen LogP contribution in [0.15, 0.2) is 67.0 Å². The number of hydrogen-bond donors (Lipinski definition) is 2. The number of benzene rings is 2. The summed E-state index contributed by atoms with van der Waals surface area (Å²) >= 11 is 0. The van der Waals surface area contributed by atoms with Crippen LogP contribution in [-0.2, 0) is 23.8 Å². The molecule has 0 radical (unpaired) electrons. The number of piperazine rings is 1. The smallest absolute Gasteiger partial charge is 0.264 e. The highest BCUT2D eigenvalue weighted by Gasteiger charge is 2.45. The molecular formula is C36H40N8O7. The lowest BCUT2D eigenvalue weighted by Gasteiger charge is -2.35. The maximum absolute atomic E-state index is 13.2. The fourth-order valence-corrected chi connectivity index (χ4v) is 6.59. The second kappa shape index (κ2) is 15.2. The molecule has 0 aliphatic carbocycles. The predicted octanol–water partition coefficient (Wildman–Crippen LogP) is 2.08. The zero-order valence-corrected chi connectivity index (χ0v) is 28.2. The Morgan fingerprint density at radius 2 is 1.65 bits per heavy atom. The normalized spacial score (nSPS) is 17.8. The highest BCUT2D eigenvalue weighted by molar-refractivity contribution is 6.25. The van der Waals surface area contributed by atoms with Crippen LogP contribution in [0.4, 0.5) is 11.5 Å². The molecule has 5 heterocycles. The molecule has 7 rings (SSSR count). The zero-order chi connectivity index (χ0) is 35.3. The molecule has 2 fully saturated rings. The maximum atomic E-state index is 13.2. The van der Waals surface area contributed by atoms with E-state index in [1.54, 1.807) is 18.2 Å². The Bertz CT molecular complexity index is 1970. The summed E-state index contributed by atoms with van der Waals surface area (Å²) in [5, 5.41) is 5.81. The monoisotopic (exact) mass is 696 g/mol. The first kappa shape index (κ1) is 34.1. The number of carbonyl (C=O) groups is 4. The number of piperidine rings is 1. The van der Waals surface area contributed by atoms with E-state index in [4.69, 9.17) is 19.2 Å². The van der Waals surface area contributed by atoms with Crippen LogP contribution in [-0.4, -0.2) is 126 Å². The van der Waals surface area contributed by atoms with Gasteiger partial charge in [-0.2, -0.15) is 4.98 Å². The number of anilines is 2. The highest BCUT2D eigenvalue weighted by Crippen LogP contribution is 2.32. The average molecular weight is 697 g/mol. The molecule has 2 saturated heterocycles. The number of nitrogens with zero attached hydrogens (tertiary/aromatic N) is 6. The van der Waals surface area contributed by atoms with E-state index in [0.29, 0.717) is 89.2 Å². The van der Waals surface area contributed by atoms with Crippen molar-refractivity contribution >= 4 is 51.9 Å². The van der Waals surface area contributed by atoms with Gasteiger partial charge in [0.15, 0.2) is 0 Å². The minimum Gasteiger partial charge on any atom is -0.382 e. The van der Waals surface area contributed by atoms with Crippen LogP contribution in [0.5, 0.6) is 0 Å². The molecule has 2 aromatic carbocycles. The lowest BCUT2D eigenvalue weighted by Crippen LogP contribution is -2.51. The van der Waals surface area contributed by atoms with E-state index in [0.717, 1.165) is 21.8 Å². The Morgan fingerprint density at radius 1 is 0.882 bits per heavy atom. The number of nitrogens with one attached hydrogen (secondary N) is 2.